The number of hydrogen-bond donors (Lipinski definition) is 1. The molecule has 0 bridgehead atoms. The lowest BCUT2D eigenvalue weighted by Crippen LogP contribution is -2.46. The molecule has 3 heteroatoms. The average molecular weight is 339 g/mol. The second-order valence-corrected chi connectivity index (χ2v) is 7.18. The lowest BCUT2D eigenvalue weighted by Gasteiger charge is -2.42. The van der Waals surface area contributed by atoms with Crippen molar-refractivity contribution in [3.05, 3.63) is 66.2 Å². The van der Waals surface area contributed by atoms with Crippen molar-refractivity contribution in [1.82, 2.24) is 4.90 Å². The molecule has 134 valence electrons. The molecule has 2 aromatic rings. The number of aliphatic hydroxyl groups is 1. The molecule has 3 rings (SSSR count). The van der Waals surface area contributed by atoms with Crippen LogP contribution in [0.5, 0.6) is 5.75 Å². The molecule has 0 saturated carbocycles. The first-order valence-electron chi connectivity index (χ1n) is 9.35. The summed E-state index contributed by atoms with van der Waals surface area (Å²) < 4.78 is 5.87. The smallest absolute Gasteiger partial charge is 0.119 e. The van der Waals surface area contributed by atoms with E-state index in [4.69, 9.17) is 4.74 Å². The summed E-state index contributed by atoms with van der Waals surface area (Å²) in [6.45, 7) is 4.07. The van der Waals surface area contributed by atoms with E-state index >= 15 is 0 Å². The van der Waals surface area contributed by atoms with Crippen LogP contribution in [-0.2, 0) is 6.42 Å². The van der Waals surface area contributed by atoms with Gasteiger partial charge in [0.1, 0.15) is 5.75 Å². The Hall–Kier alpha value is -1.84. The lowest BCUT2D eigenvalue weighted by atomic mass is 9.78. The Morgan fingerprint density at radius 1 is 1.00 bits per heavy atom. The van der Waals surface area contributed by atoms with Crippen molar-refractivity contribution in [3.63, 3.8) is 0 Å². The van der Waals surface area contributed by atoms with Crippen molar-refractivity contribution in [3.8, 4) is 5.75 Å². The Balaban J connectivity index is 1.49. The number of benzene rings is 2. The van der Waals surface area contributed by atoms with Gasteiger partial charge in [-0.1, -0.05) is 48.5 Å². The Morgan fingerprint density at radius 2 is 1.72 bits per heavy atom. The molecule has 1 aliphatic heterocycles. The molecule has 0 spiro atoms. The fourth-order valence-electron chi connectivity index (χ4n) is 3.75. The maximum atomic E-state index is 10.1. The second-order valence-electron chi connectivity index (χ2n) is 7.18. The predicted molar refractivity (Wildman–Crippen MR) is 102 cm³/mol. The van der Waals surface area contributed by atoms with Gasteiger partial charge in [-0.2, -0.15) is 0 Å². The summed E-state index contributed by atoms with van der Waals surface area (Å²) in [6.07, 6.45) is 4.22. The van der Waals surface area contributed by atoms with Gasteiger partial charge in [-0.3, -0.25) is 0 Å². The zero-order valence-electron chi connectivity index (χ0n) is 14.9. The molecule has 0 aromatic heterocycles. The van der Waals surface area contributed by atoms with E-state index in [9.17, 15) is 5.11 Å². The highest BCUT2D eigenvalue weighted by atomic mass is 16.5. The molecular weight excluding hydrogens is 310 g/mol. The maximum absolute atomic E-state index is 10.1. The predicted octanol–water partition coefficient (Wildman–Crippen LogP) is 3.77. The standard InChI is InChI=1S/C22H29NO2/c24-19-22(14-17-25-21-10-5-2-6-11-21)13-7-15-23(18-22)16-12-20-8-3-1-4-9-20/h1-6,8-11,24H,7,12-19H2/t22-/m0/s1. The Morgan fingerprint density at radius 3 is 2.44 bits per heavy atom. The number of rotatable bonds is 8. The van der Waals surface area contributed by atoms with Gasteiger partial charge in [0.25, 0.3) is 0 Å². The molecule has 1 atom stereocenters. The number of nitrogens with zero attached hydrogens (tertiary/aromatic N) is 1. The van der Waals surface area contributed by atoms with E-state index < -0.39 is 0 Å². The topological polar surface area (TPSA) is 32.7 Å². The van der Waals surface area contributed by atoms with Crippen LogP contribution in [0.4, 0.5) is 0 Å². The van der Waals surface area contributed by atoms with Crippen LogP contribution in [0.3, 0.4) is 0 Å². The number of aliphatic hydroxyl groups excluding tert-OH is 1. The van der Waals surface area contributed by atoms with E-state index in [0.717, 1.165) is 51.1 Å². The summed E-state index contributed by atoms with van der Waals surface area (Å²) in [5.74, 6) is 0.910. The number of hydrogen-bond acceptors (Lipinski definition) is 3. The van der Waals surface area contributed by atoms with Crippen molar-refractivity contribution in [1.29, 1.82) is 0 Å². The van der Waals surface area contributed by atoms with Crippen LogP contribution in [0.15, 0.2) is 60.7 Å². The molecule has 3 nitrogen and oxygen atoms in total. The van der Waals surface area contributed by atoms with Crippen molar-refractivity contribution in [2.45, 2.75) is 25.7 Å². The van der Waals surface area contributed by atoms with Crippen LogP contribution >= 0.6 is 0 Å². The normalized spacial score (nSPS) is 21.2. The molecule has 1 fully saturated rings. The molecule has 0 aliphatic carbocycles. The van der Waals surface area contributed by atoms with E-state index in [0.29, 0.717) is 6.61 Å². The minimum absolute atomic E-state index is 0.0241. The van der Waals surface area contributed by atoms with Gasteiger partial charge < -0.3 is 14.7 Å². The summed E-state index contributed by atoms with van der Waals surface area (Å²) in [6, 6.07) is 20.6. The Kier molecular flexibility index (Phi) is 6.48. The molecule has 1 saturated heterocycles. The fraction of sp³-hybridized carbons (Fsp3) is 0.455. The third kappa shape index (κ3) is 5.32. The van der Waals surface area contributed by atoms with E-state index in [2.05, 4.69) is 35.2 Å². The summed E-state index contributed by atoms with van der Waals surface area (Å²) in [7, 11) is 0. The molecule has 0 unspecified atom stereocenters. The molecule has 1 heterocycles. The quantitative estimate of drug-likeness (QED) is 0.794. The summed E-state index contributed by atoms with van der Waals surface area (Å²) in [5.41, 5.74) is 1.36. The Bertz CT molecular complexity index is 616. The van der Waals surface area contributed by atoms with E-state index in [-0.39, 0.29) is 12.0 Å². The molecule has 1 N–H and O–H groups in total. The van der Waals surface area contributed by atoms with E-state index in [1.54, 1.807) is 0 Å². The number of ether oxygens (including phenoxy) is 1. The van der Waals surface area contributed by atoms with Gasteiger partial charge >= 0.3 is 0 Å². The highest BCUT2D eigenvalue weighted by Gasteiger charge is 2.34. The lowest BCUT2D eigenvalue weighted by molar-refractivity contribution is 0.0164. The van der Waals surface area contributed by atoms with Crippen molar-refractivity contribution >= 4 is 0 Å². The van der Waals surface area contributed by atoms with Gasteiger partial charge in [-0.25, -0.2) is 0 Å². The van der Waals surface area contributed by atoms with Crippen LogP contribution in [0.1, 0.15) is 24.8 Å². The van der Waals surface area contributed by atoms with Gasteiger partial charge in [0.05, 0.1) is 13.2 Å². The molecule has 2 aromatic carbocycles. The largest absolute Gasteiger partial charge is 0.494 e. The number of piperidine rings is 1. The minimum Gasteiger partial charge on any atom is -0.494 e. The van der Waals surface area contributed by atoms with E-state index in [1.165, 1.54) is 5.56 Å². The van der Waals surface area contributed by atoms with Crippen molar-refractivity contribution < 1.29 is 9.84 Å². The summed E-state index contributed by atoms with van der Waals surface area (Å²) in [4.78, 5) is 2.51. The van der Waals surface area contributed by atoms with Gasteiger partial charge in [-0.05, 0) is 49.9 Å². The molecule has 1 aliphatic rings. The van der Waals surface area contributed by atoms with Crippen LogP contribution in [0, 0.1) is 5.41 Å². The first kappa shape index (κ1) is 18.0. The van der Waals surface area contributed by atoms with Crippen LogP contribution < -0.4 is 4.74 Å². The third-order valence-electron chi connectivity index (χ3n) is 5.28. The van der Waals surface area contributed by atoms with Crippen LogP contribution in [-0.4, -0.2) is 42.9 Å². The second kappa shape index (κ2) is 9.02. The van der Waals surface area contributed by atoms with Gasteiger partial charge in [-0.15, -0.1) is 0 Å². The fourth-order valence-corrected chi connectivity index (χ4v) is 3.75. The van der Waals surface area contributed by atoms with Gasteiger partial charge in [0.15, 0.2) is 0 Å². The molecule has 0 radical (unpaired) electrons. The molecular formula is C22H29NO2. The first-order valence-corrected chi connectivity index (χ1v) is 9.35. The van der Waals surface area contributed by atoms with Crippen molar-refractivity contribution in [2.24, 2.45) is 5.41 Å². The Labute approximate surface area is 151 Å². The molecule has 25 heavy (non-hydrogen) atoms. The highest BCUT2D eigenvalue weighted by Crippen LogP contribution is 2.33. The molecule has 0 amide bonds. The average Bonchev–Trinajstić information content (AvgIpc) is 2.68. The summed E-state index contributed by atoms with van der Waals surface area (Å²) in [5, 5.41) is 10.1. The van der Waals surface area contributed by atoms with Gasteiger partial charge in [0.2, 0.25) is 0 Å². The number of likely N-dealkylation sites (tertiary alicyclic amines) is 1. The maximum Gasteiger partial charge on any atom is 0.119 e. The SMILES string of the molecule is OC[C@]1(CCOc2ccccc2)CCCN(CCc2ccccc2)C1. The van der Waals surface area contributed by atoms with E-state index in [1.807, 2.05) is 30.3 Å². The van der Waals surface area contributed by atoms with Gasteiger partial charge in [0, 0.05) is 18.5 Å². The monoisotopic (exact) mass is 339 g/mol. The van der Waals surface area contributed by atoms with Crippen LogP contribution in [0.25, 0.3) is 0 Å². The minimum atomic E-state index is -0.0241. The van der Waals surface area contributed by atoms with Crippen molar-refractivity contribution in [2.75, 3.05) is 32.8 Å². The zero-order valence-corrected chi connectivity index (χ0v) is 14.9. The zero-order chi connectivity index (χ0) is 17.4. The first-order chi connectivity index (χ1) is 12.3. The van der Waals surface area contributed by atoms with Crippen LogP contribution in [0.2, 0.25) is 0 Å². The third-order valence-corrected chi connectivity index (χ3v) is 5.28. The summed E-state index contributed by atoms with van der Waals surface area (Å²) >= 11 is 0. The highest BCUT2D eigenvalue weighted by molar-refractivity contribution is 5.20. The number of para-hydroxylation sites is 1.